The highest BCUT2D eigenvalue weighted by Crippen LogP contribution is 2.50. The molecule has 0 saturated heterocycles. The Hall–Kier alpha value is -0.423. The van der Waals surface area contributed by atoms with Crippen LogP contribution in [0.5, 0.6) is 0 Å². The van der Waals surface area contributed by atoms with Crippen LogP contribution < -0.4 is 0 Å². The Morgan fingerprint density at radius 3 is 2.26 bits per heavy atom. The van der Waals surface area contributed by atoms with Crippen LogP contribution in [0.1, 0.15) is 40.0 Å². The predicted octanol–water partition coefficient (Wildman–Crippen LogP) is 3.70. The normalized spacial score (nSPS) is 26.4. The molecule has 0 spiro atoms. The van der Waals surface area contributed by atoms with Gasteiger partial charge in [0.1, 0.15) is 0 Å². The highest BCUT2D eigenvalue weighted by Gasteiger charge is 2.54. The van der Waals surface area contributed by atoms with E-state index in [1.807, 2.05) is 20.8 Å². The van der Waals surface area contributed by atoms with Gasteiger partial charge in [0.05, 0.1) is 5.54 Å². The van der Waals surface area contributed by atoms with Crippen molar-refractivity contribution in [2.24, 2.45) is 5.92 Å². The number of hydrogen-bond acceptors (Lipinski definition) is 3. The van der Waals surface area contributed by atoms with Crippen molar-refractivity contribution in [1.29, 1.82) is 0 Å². The second-order valence-corrected chi connectivity index (χ2v) is 7.83. The predicted molar refractivity (Wildman–Crippen MR) is 78.9 cm³/mol. The van der Waals surface area contributed by atoms with Gasteiger partial charge in [-0.15, -0.1) is 0 Å². The minimum Gasteiger partial charge on any atom is -0.373 e. The molecule has 0 bridgehead atoms. The quantitative estimate of drug-likeness (QED) is 0.666. The second kappa shape index (κ2) is 6.84. The van der Waals surface area contributed by atoms with Crippen LogP contribution in [0.4, 0.5) is 0 Å². The summed E-state index contributed by atoms with van der Waals surface area (Å²) in [5.41, 5.74) is 1.87. The van der Waals surface area contributed by atoms with E-state index in [1.54, 1.807) is 0 Å². The van der Waals surface area contributed by atoms with Crippen molar-refractivity contribution in [3.8, 4) is 0 Å². The van der Waals surface area contributed by atoms with E-state index in [1.165, 1.54) is 12.0 Å². The molecule has 1 saturated carbocycles. The first-order chi connectivity index (χ1) is 9.27. The highest BCUT2D eigenvalue weighted by atomic mass is 28.4. The van der Waals surface area contributed by atoms with Crippen LogP contribution in [-0.4, -0.2) is 28.6 Å². The molecule has 2 atom stereocenters. The van der Waals surface area contributed by atoms with Gasteiger partial charge < -0.3 is 13.3 Å². The molecule has 4 heteroatoms. The first-order valence-electron chi connectivity index (χ1n) is 7.55. The molecule has 0 N–H and O–H groups in total. The standard InChI is InChI=1S/C15H26O3Si/c1-4-16-19(17-5-2,18-6-3)15-12-11-13-9-7-8-10-14(13)15/h7-8,10,13,15H,4-6,9,11-12H2,1-3H3. The molecule has 0 amide bonds. The first-order valence-corrected chi connectivity index (χ1v) is 9.36. The van der Waals surface area contributed by atoms with Gasteiger partial charge in [0, 0.05) is 19.8 Å². The number of fused-ring (bicyclic) bond motifs is 1. The minimum atomic E-state index is -2.57. The van der Waals surface area contributed by atoms with E-state index < -0.39 is 8.80 Å². The minimum absolute atomic E-state index is 0.363. The Kier molecular flexibility index (Phi) is 5.39. The lowest BCUT2D eigenvalue weighted by atomic mass is 9.95. The van der Waals surface area contributed by atoms with E-state index in [4.69, 9.17) is 13.3 Å². The van der Waals surface area contributed by atoms with Gasteiger partial charge in [0.25, 0.3) is 0 Å². The Bertz CT molecular complexity index is 334. The molecule has 108 valence electrons. The van der Waals surface area contributed by atoms with Gasteiger partial charge in [-0.05, 0) is 46.0 Å². The lowest BCUT2D eigenvalue weighted by molar-refractivity contribution is 0.0646. The average Bonchev–Trinajstić information content (AvgIpc) is 2.84. The third kappa shape index (κ3) is 3.02. The van der Waals surface area contributed by atoms with Crippen LogP contribution in [0.15, 0.2) is 23.8 Å². The van der Waals surface area contributed by atoms with Gasteiger partial charge in [-0.3, -0.25) is 0 Å². The van der Waals surface area contributed by atoms with Crippen LogP contribution in [0.2, 0.25) is 5.54 Å². The lowest BCUT2D eigenvalue weighted by Crippen LogP contribution is -2.50. The third-order valence-electron chi connectivity index (χ3n) is 3.99. The van der Waals surface area contributed by atoms with E-state index in [-0.39, 0.29) is 0 Å². The van der Waals surface area contributed by atoms with Crippen LogP contribution in [0.25, 0.3) is 0 Å². The zero-order valence-electron chi connectivity index (χ0n) is 12.4. The van der Waals surface area contributed by atoms with Crippen molar-refractivity contribution in [2.75, 3.05) is 19.8 Å². The van der Waals surface area contributed by atoms with E-state index in [0.717, 1.165) is 12.8 Å². The fraction of sp³-hybridized carbons (Fsp3) is 0.733. The summed E-state index contributed by atoms with van der Waals surface area (Å²) in [4.78, 5) is 0. The molecule has 2 rings (SSSR count). The topological polar surface area (TPSA) is 27.7 Å². The second-order valence-electron chi connectivity index (χ2n) is 5.06. The summed E-state index contributed by atoms with van der Waals surface area (Å²) in [6.45, 7) is 8.08. The SMILES string of the molecule is CCO[Si](OCC)(OCC)C1CCC2CC=CC=C21. The van der Waals surface area contributed by atoms with Crippen LogP contribution in [0.3, 0.4) is 0 Å². The molecule has 0 aromatic heterocycles. The third-order valence-corrected chi connectivity index (χ3v) is 7.53. The van der Waals surface area contributed by atoms with Crippen LogP contribution in [-0.2, 0) is 13.3 Å². The Balaban J connectivity index is 2.26. The van der Waals surface area contributed by atoms with E-state index >= 15 is 0 Å². The van der Waals surface area contributed by atoms with Gasteiger partial charge in [-0.1, -0.05) is 23.8 Å². The highest BCUT2D eigenvalue weighted by molar-refractivity contribution is 6.63. The molecule has 1 fully saturated rings. The van der Waals surface area contributed by atoms with Crippen molar-refractivity contribution >= 4 is 8.80 Å². The van der Waals surface area contributed by atoms with Crippen LogP contribution >= 0.6 is 0 Å². The molecule has 19 heavy (non-hydrogen) atoms. The summed E-state index contributed by atoms with van der Waals surface area (Å²) < 4.78 is 18.2. The van der Waals surface area contributed by atoms with Crippen molar-refractivity contribution < 1.29 is 13.3 Å². The number of hydrogen-bond donors (Lipinski definition) is 0. The molecule has 2 aliphatic rings. The fourth-order valence-electron chi connectivity index (χ4n) is 3.33. The monoisotopic (exact) mass is 282 g/mol. The van der Waals surface area contributed by atoms with Crippen molar-refractivity contribution in [3.05, 3.63) is 23.8 Å². The summed E-state index contributed by atoms with van der Waals surface area (Å²) in [6.07, 6.45) is 10.3. The van der Waals surface area contributed by atoms with E-state index in [9.17, 15) is 0 Å². The first kappa shape index (κ1) is 15.0. The number of rotatable bonds is 7. The maximum atomic E-state index is 6.07. The molecule has 0 aliphatic heterocycles. The van der Waals surface area contributed by atoms with Crippen LogP contribution in [0, 0.1) is 5.92 Å². The lowest BCUT2D eigenvalue weighted by Gasteiger charge is -2.34. The van der Waals surface area contributed by atoms with Crippen molar-refractivity contribution in [3.63, 3.8) is 0 Å². The molecule has 3 nitrogen and oxygen atoms in total. The summed E-state index contributed by atoms with van der Waals surface area (Å²) in [7, 11) is -2.57. The van der Waals surface area contributed by atoms with Gasteiger partial charge in [-0.2, -0.15) is 0 Å². The molecular weight excluding hydrogens is 256 g/mol. The Morgan fingerprint density at radius 2 is 1.68 bits per heavy atom. The Morgan fingerprint density at radius 1 is 1.05 bits per heavy atom. The number of allylic oxidation sites excluding steroid dienone is 4. The summed E-state index contributed by atoms with van der Waals surface area (Å²) in [6, 6.07) is 0. The Labute approximate surface area is 118 Å². The summed E-state index contributed by atoms with van der Waals surface area (Å²) >= 11 is 0. The van der Waals surface area contributed by atoms with Crippen molar-refractivity contribution in [1.82, 2.24) is 0 Å². The van der Waals surface area contributed by atoms with Gasteiger partial charge in [0.2, 0.25) is 0 Å². The largest absolute Gasteiger partial charge is 0.508 e. The molecule has 2 aliphatic carbocycles. The molecule has 0 radical (unpaired) electrons. The van der Waals surface area contributed by atoms with Gasteiger partial charge in [-0.25, -0.2) is 0 Å². The smallest absolute Gasteiger partial charge is 0.373 e. The van der Waals surface area contributed by atoms with E-state index in [0.29, 0.717) is 31.3 Å². The molecule has 0 heterocycles. The van der Waals surface area contributed by atoms with Gasteiger partial charge >= 0.3 is 8.80 Å². The molecular formula is C15H26O3Si. The van der Waals surface area contributed by atoms with E-state index in [2.05, 4.69) is 18.2 Å². The molecule has 0 aromatic rings. The maximum Gasteiger partial charge on any atom is 0.508 e. The zero-order valence-corrected chi connectivity index (χ0v) is 13.4. The van der Waals surface area contributed by atoms with Crippen molar-refractivity contribution in [2.45, 2.75) is 45.6 Å². The molecule has 0 aromatic carbocycles. The zero-order chi connectivity index (χ0) is 13.7. The van der Waals surface area contributed by atoms with Gasteiger partial charge in [0.15, 0.2) is 0 Å². The fourth-order valence-corrected chi connectivity index (χ4v) is 6.65. The summed E-state index contributed by atoms with van der Waals surface area (Å²) in [5.74, 6) is 0.684. The molecule has 2 unspecified atom stereocenters. The maximum absolute atomic E-state index is 6.07. The summed E-state index contributed by atoms with van der Waals surface area (Å²) in [5, 5.41) is 0. The average molecular weight is 282 g/mol.